The van der Waals surface area contributed by atoms with Gasteiger partial charge >= 0.3 is 0 Å². The van der Waals surface area contributed by atoms with Crippen molar-refractivity contribution >= 4 is 29.1 Å². The fourth-order valence-electron chi connectivity index (χ4n) is 2.70. The van der Waals surface area contributed by atoms with Crippen LogP contribution in [0.4, 0.5) is 0 Å². The Kier molecular flexibility index (Phi) is 4.18. The summed E-state index contributed by atoms with van der Waals surface area (Å²) in [6.45, 7) is 0. The van der Waals surface area contributed by atoms with Crippen molar-refractivity contribution in [1.82, 2.24) is 5.32 Å². The van der Waals surface area contributed by atoms with Gasteiger partial charge in [0.05, 0.1) is 10.6 Å². The van der Waals surface area contributed by atoms with E-state index in [2.05, 4.69) is 11.4 Å². The van der Waals surface area contributed by atoms with Gasteiger partial charge < -0.3 is 5.32 Å². The zero-order chi connectivity index (χ0) is 14.8. The van der Waals surface area contributed by atoms with Gasteiger partial charge in [-0.15, -0.1) is 0 Å². The minimum Gasteiger partial charge on any atom is -0.349 e. The Morgan fingerprint density at radius 1 is 0.952 bits per heavy atom. The van der Waals surface area contributed by atoms with Gasteiger partial charge in [0, 0.05) is 11.1 Å². The molecule has 0 aliphatic heterocycles. The predicted octanol–water partition coefficient (Wildman–Crippen LogP) is 4.67. The number of rotatable bonds is 3. The van der Waals surface area contributed by atoms with Crippen LogP contribution in [0.3, 0.4) is 0 Å². The van der Waals surface area contributed by atoms with Gasteiger partial charge in [0.1, 0.15) is 0 Å². The lowest BCUT2D eigenvalue weighted by atomic mass is 9.76. The zero-order valence-corrected chi connectivity index (χ0v) is 12.9. The molecule has 108 valence electrons. The summed E-state index contributed by atoms with van der Waals surface area (Å²) in [6.07, 6.45) is 1.83. The molecule has 0 saturated heterocycles. The molecule has 2 aromatic carbocycles. The Balaban J connectivity index is 1.59. The van der Waals surface area contributed by atoms with Crippen molar-refractivity contribution < 1.29 is 4.79 Å². The van der Waals surface area contributed by atoms with E-state index in [0.29, 0.717) is 16.5 Å². The van der Waals surface area contributed by atoms with Crippen LogP contribution in [0.5, 0.6) is 0 Å². The fraction of sp³-hybridized carbons (Fsp3) is 0.235. The van der Waals surface area contributed by atoms with Gasteiger partial charge in [-0.3, -0.25) is 4.79 Å². The molecule has 1 N–H and O–H groups in total. The highest BCUT2D eigenvalue weighted by molar-refractivity contribution is 6.33. The van der Waals surface area contributed by atoms with Crippen LogP contribution in [0.1, 0.15) is 34.7 Å². The minimum absolute atomic E-state index is 0.108. The average molecular weight is 320 g/mol. The van der Waals surface area contributed by atoms with E-state index in [4.69, 9.17) is 23.2 Å². The van der Waals surface area contributed by atoms with Crippen LogP contribution in [-0.4, -0.2) is 11.9 Å². The first-order chi connectivity index (χ1) is 10.1. The molecule has 0 bridgehead atoms. The van der Waals surface area contributed by atoms with Crippen LogP contribution in [0, 0.1) is 0 Å². The smallest absolute Gasteiger partial charge is 0.253 e. The lowest BCUT2D eigenvalue weighted by Crippen LogP contribution is -2.43. The predicted molar refractivity (Wildman–Crippen MR) is 86.1 cm³/mol. The van der Waals surface area contributed by atoms with Gasteiger partial charge in [0.15, 0.2) is 0 Å². The molecule has 0 atom stereocenters. The number of carbonyl (C=O) groups is 1. The van der Waals surface area contributed by atoms with Crippen molar-refractivity contribution in [3.63, 3.8) is 0 Å². The number of hydrogen-bond acceptors (Lipinski definition) is 1. The lowest BCUT2D eigenvalue weighted by Gasteiger charge is -2.36. The second-order valence-corrected chi connectivity index (χ2v) is 6.15. The summed E-state index contributed by atoms with van der Waals surface area (Å²) in [5.41, 5.74) is 1.70. The van der Waals surface area contributed by atoms with Crippen molar-refractivity contribution in [2.45, 2.75) is 24.8 Å². The summed E-state index contributed by atoms with van der Waals surface area (Å²) < 4.78 is 0. The van der Waals surface area contributed by atoms with Crippen LogP contribution in [0.2, 0.25) is 10.0 Å². The molecule has 4 heteroatoms. The normalized spacial score (nSPS) is 20.7. The molecule has 0 radical (unpaired) electrons. The summed E-state index contributed by atoms with van der Waals surface area (Å²) in [7, 11) is 0. The van der Waals surface area contributed by atoms with Crippen LogP contribution < -0.4 is 5.32 Å². The fourth-order valence-corrected chi connectivity index (χ4v) is 3.22. The van der Waals surface area contributed by atoms with Crippen LogP contribution in [0.25, 0.3) is 0 Å². The molecule has 3 rings (SSSR count). The molecule has 1 saturated carbocycles. The molecular weight excluding hydrogens is 305 g/mol. The number of halogens is 2. The monoisotopic (exact) mass is 319 g/mol. The van der Waals surface area contributed by atoms with E-state index < -0.39 is 0 Å². The van der Waals surface area contributed by atoms with Gasteiger partial charge in [-0.25, -0.2) is 0 Å². The number of benzene rings is 2. The van der Waals surface area contributed by atoms with E-state index in [1.807, 2.05) is 30.3 Å². The summed E-state index contributed by atoms with van der Waals surface area (Å²) >= 11 is 12.2. The molecule has 1 fully saturated rings. The zero-order valence-electron chi connectivity index (χ0n) is 11.4. The molecular formula is C17H15Cl2NO. The van der Waals surface area contributed by atoms with Crippen molar-refractivity contribution in [1.29, 1.82) is 0 Å². The van der Waals surface area contributed by atoms with Crippen molar-refractivity contribution in [3.05, 3.63) is 69.7 Å². The van der Waals surface area contributed by atoms with E-state index in [9.17, 15) is 4.79 Å². The molecule has 0 aromatic heterocycles. The Bertz CT molecular complexity index is 665. The molecule has 21 heavy (non-hydrogen) atoms. The van der Waals surface area contributed by atoms with E-state index in [-0.39, 0.29) is 11.9 Å². The first kappa shape index (κ1) is 14.4. The second-order valence-electron chi connectivity index (χ2n) is 5.34. The quantitative estimate of drug-likeness (QED) is 0.875. The van der Waals surface area contributed by atoms with Crippen molar-refractivity contribution in [2.75, 3.05) is 0 Å². The number of carbonyl (C=O) groups excluding carboxylic acids is 1. The highest BCUT2D eigenvalue weighted by Crippen LogP contribution is 2.40. The molecule has 0 spiro atoms. The second kappa shape index (κ2) is 6.08. The highest BCUT2D eigenvalue weighted by Gasteiger charge is 2.32. The Hall–Kier alpha value is -1.51. The van der Waals surface area contributed by atoms with E-state index in [1.165, 1.54) is 5.56 Å². The Morgan fingerprint density at radius 2 is 1.57 bits per heavy atom. The first-order valence-electron chi connectivity index (χ1n) is 6.95. The third-order valence-corrected chi connectivity index (χ3v) is 4.61. The lowest BCUT2D eigenvalue weighted by molar-refractivity contribution is 0.0909. The Morgan fingerprint density at radius 3 is 2.24 bits per heavy atom. The van der Waals surface area contributed by atoms with Crippen LogP contribution in [0.15, 0.2) is 48.5 Å². The molecule has 2 aromatic rings. The van der Waals surface area contributed by atoms with Crippen LogP contribution >= 0.6 is 23.2 Å². The number of amides is 1. The number of nitrogens with one attached hydrogen (secondary N) is 1. The van der Waals surface area contributed by atoms with Gasteiger partial charge in [0.25, 0.3) is 5.91 Å². The highest BCUT2D eigenvalue weighted by atomic mass is 35.5. The molecule has 1 aliphatic rings. The standard InChI is InChI=1S/C17H15Cl2NO/c18-15-7-3-1-5-13(15)11-9-12(10-11)20-17(21)14-6-2-4-8-16(14)19/h1-8,11-12H,9-10H2,(H,20,21). The summed E-state index contributed by atoms with van der Waals surface area (Å²) in [4.78, 5) is 12.2. The maximum absolute atomic E-state index is 12.2. The maximum Gasteiger partial charge on any atom is 0.253 e. The summed E-state index contributed by atoms with van der Waals surface area (Å²) in [6, 6.07) is 15.2. The van der Waals surface area contributed by atoms with Gasteiger partial charge in [0.2, 0.25) is 0 Å². The van der Waals surface area contributed by atoms with Gasteiger partial charge in [-0.1, -0.05) is 53.5 Å². The topological polar surface area (TPSA) is 29.1 Å². The molecule has 1 amide bonds. The van der Waals surface area contributed by atoms with Crippen LogP contribution in [-0.2, 0) is 0 Å². The SMILES string of the molecule is O=C(NC1CC(c2ccccc2Cl)C1)c1ccccc1Cl. The minimum atomic E-state index is -0.108. The van der Waals surface area contributed by atoms with Gasteiger partial charge in [-0.05, 0) is 42.5 Å². The molecule has 0 heterocycles. The number of hydrogen-bond donors (Lipinski definition) is 1. The summed E-state index contributed by atoms with van der Waals surface area (Å²) in [5.74, 6) is 0.318. The van der Waals surface area contributed by atoms with E-state index in [0.717, 1.165) is 17.9 Å². The maximum atomic E-state index is 12.2. The van der Waals surface area contributed by atoms with E-state index in [1.54, 1.807) is 12.1 Å². The molecule has 1 aliphatic carbocycles. The Labute approximate surface area is 134 Å². The first-order valence-corrected chi connectivity index (χ1v) is 7.70. The third kappa shape index (κ3) is 3.07. The third-order valence-electron chi connectivity index (χ3n) is 3.94. The van der Waals surface area contributed by atoms with Crippen molar-refractivity contribution in [2.24, 2.45) is 0 Å². The molecule has 0 unspecified atom stereocenters. The average Bonchev–Trinajstić information content (AvgIpc) is 2.44. The van der Waals surface area contributed by atoms with E-state index >= 15 is 0 Å². The van der Waals surface area contributed by atoms with Gasteiger partial charge in [-0.2, -0.15) is 0 Å². The van der Waals surface area contributed by atoms with Crippen molar-refractivity contribution in [3.8, 4) is 0 Å². The molecule has 2 nitrogen and oxygen atoms in total. The summed E-state index contributed by atoms with van der Waals surface area (Å²) in [5, 5.41) is 4.31. The largest absolute Gasteiger partial charge is 0.349 e.